The van der Waals surface area contributed by atoms with E-state index in [0.717, 1.165) is 26.2 Å². The van der Waals surface area contributed by atoms with Gasteiger partial charge < -0.3 is 20.0 Å². The molecular formula is C21H25N7O2. The van der Waals surface area contributed by atoms with Crippen molar-refractivity contribution in [1.29, 1.82) is 0 Å². The minimum absolute atomic E-state index is 0.193. The van der Waals surface area contributed by atoms with Gasteiger partial charge >= 0.3 is 5.91 Å². The second-order valence-corrected chi connectivity index (χ2v) is 7.21. The van der Waals surface area contributed by atoms with E-state index in [1.54, 1.807) is 12.1 Å². The first-order valence-corrected chi connectivity index (χ1v) is 9.81. The largest absolute Gasteiger partial charge is 0.459 e. The van der Waals surface area contributed by atoms with Gasteiger partial charge in [-0.05, 0) is 43.2 Å². The molecule has 0 aliphatic carbocycles. The van der Waals surface area contributed by atoms with Crippen LogP contribution in [0.2, 0.25) is 0 Å². The van der Waals surface area contributed by atoms with Crippen molar-refractivity contribution in [3.63, 3.8) is 0 Å². The molecule has 1 aliphatic heterocycles. The van der Waals surface area contributed by atoms with Gasteiger partial charge in [-0.25, -0.2) is 9.97 Å². The van der Waals surface area contributed by atoms with Crippen molar-refractivity contribution in [2.24, 2.45) is 0 Å². The van der Waals surface area contributed by atoms with Crippen molar-refractivity contribution in [2.75, 3.05) is 47.1 Å². The molecule has 1 amide bonds. The molecule has 0 bridgehead atoms. The van der Waals surface area contributed by atoms with E-state index in [9.17, 15) is 4.79 Å². The molecule has 30 heavy (non-hydrogen) atoms. The average Bonchev–Trinajstić information content (AvgIpc) is 3.30. The van der Waals surface area contributed by atoms with E-state index in [0.29, 0.717) is 17.3 Å². The highest BCUT2D eigenvalue weighted by atomic mass is 16.3. The normalized spacial score (nSPS) is 13.9. The molecule has 1 aromatic carbocycles. The molecule has 156 valence electrons. The highest BCUT2D eigenvalue weighted by Crippen LogP contribution is 2.29. The van der Waals surface area contributed by atoms with Gasteiger partial charge in [0.15, 0.2) is 17.4 Å². The molecule has 4 rings (SSSR count). The summed E-state index contributed by atoms with van der Waals surface area (Å²) < 4.78 is 5.07. The minimum atomic E-state index is -0.415. The van der Waals surface area contributed by atoms with Gasteiger partial charge in [0.05, 0.1) is 6.26 Å². The summed E-state index contributed by atoms with van der Waals surface area (Å²) in [5.74, 6) is 0.775. The van der Waals surface area contributed by atoms with Crippen LogP contribution in [-0.4, -0.2) is 42.1 Å². The summed E-state index contributed by atoms with van der Waals surface area (Å²) in [5, 5.41) is 0. The summed E-state index contributed by atoms with van der Waals surface area (Å²) in [7, 11) is 0. The molecule has 1 aliphatic rings. The van der Waals surface area contributed by atoms with Gasteiger partial charge in [0.1, 0.15) is 12.0 Å². The van der Waals surface area contributed by atoms with E-state index in [1.807, 2.05) is 0 Å². The number of hydrogen-bond donors (Lipinski definition) is 3. The first-order chi connectivity index (χ1) is 14.5. The standard InChI is InChI=1S/C21H25N7O2/c1-14-5-3-6-16(15(14)2)27-8-10-28(11-9-27)20-18(22)19(23-13-24-20)25-26-21(29)17-7-4-12-30-17/h3-7,12-13H,8-11,22H2,1-2H3,(H,26,29)(H,23,24,25). The van der Waals surface area contributed by atoms with E-state index in [4.69, 9.17) is 10.2 Å². The summed E-state index contributed by atoms with van der Waals surface area (Å²) in [6.45, 7) is 7.60. The van der Waals surface area contributed by atoms with E-state index in [-0.39, 0.29) is 5.76 Å². The van der Waals surface area contributed by atoms with Crippen LogP contribution in [0.5, 0.6) is 0 Å². The second kappa shape index (κ2) is 8.32. The Kier molecular flexibility index (Phi) is 5.42. The molecule has 1 saturated heterocycles. The summed E-state index contributed by atoms with van der Waals surface area (Å²) in [5.41, 5.74) is 15.8. The molecule has 0 unspecified atom stereocenters. The molecule has 1 fully saturated rings. The maximum Gasteiger partial charge on any atom is 0.305 e. The van der Waals surface area contributed by atoms with Gasteiger partial charge in [-0.2, -0.15) is 0 Å². The third-order valence-electron chi connectivity index (χ3n) is 5.40. The van der Waals surface area contributed by atoms with E-state index >= 15 is 0 Å². The fourth-order valence-electron chi connectivity index (χ4n) is 3.56. The number of nitrogens with zero attached hydrogens (tertiary/aromatic N) is 4. The lowest BCUT2D eigenvalue weighted by Crippen LogP contribution is -2.47. The number of piperazine rings is 1. The predicted molar refractivity (Wildman–Crippen MR) is 117 cm³/mol. The number of hydrogen-bond acceptors (Lipinski definition) is 8. The number of nitrogens with one attached hydrogen (secondary N) is 2. The van der Waals surface area contributed by atoms with Gasteiger partial charge in [0, 0.05) is 31.9 Å². The van der Waals surface area contributed by atoms with Crippen LogP contribution in [0.15, 0.2) is 47.3 Å². The number of aryl methyl sites for hydroxylation is 1. The number of carbonyl (C=O) groups is 1. The average molecular weight is 407 g/mol. The van der Waals surface area contributed by atoms with Crippen LogP contribution in [0.1, 0.15) is 21.7 Å². The number of furan rings is 1. The van der Waals surface area contributed by atoms with E-state index in [1.165, 1.54) is 29.4 Å². The van der Waals surface area contributed by atoms with Crippen molar-refractivity contribution in [2.45, 2.75) is 13.8 Å². The zero-order valence-electron chi connectivity index (χ0n) is 17.1. The monoisotopic (exact) mass is 407 g/mol. The second-order valence-electron chi connectivity index (χ2n) is 7.21. The Morgan fingerprint density at radius 1 is 1.07 bits per heavy atom. The lowest BCUT2D eigenvalue weighted by atomic mass is 10.1. The molecule has 9 nitrogen and oxygen atoms in total. The molecule has 0 atom stereocenters. The Morgan fingerprint density at radius 2 is 1.83 bits per heavy atom. The zero-order chi connectivity index (χ0) is 21.1. The molecule has 3 heterocycles. The lowest BCUT2D eigenvalue weighted by Gasteiger charge is -2.38. The number of amides is 1. The first-order valence-electron chi connectivity index (χ1n) is 9.81. The quantitative estimate of drug-likeness (QED) is 0.553. The highest BCUT2D eigenvalue weighted by Gasteiger charge is 2.22. The SMILES string of the molecule is Cc1cccc(N2CCN(c3ncnc(NNC(=O)c4ccco4)c3N)CC2)c1C. The lowest BCUT2D eigenvalue weighted by molar-refractivity contribution is 0.0935. The highest BCUT2D eigenvalue weighted by molar-refractivity contribution is 5.92. The van der Waals surface area contributed by atoms with Crippen LogP contribution in [0, 0.1) is 13.8 Å². The fourth-order valence-corrected chi connectivity index (χ4v) is 3.56. The number of carbonyl (C=O) groups excluding carboxylic acids is 1. The predicted octanol–water partition coefficient (Wildman–Crippen LogP) is 2.35. The third-order valence-corrected chi connectivity index (χ3v) is 5.40. The zero-order valence-corrected chi connectivity index (χ0v) is 17.1. The van der Waals surface area contributed by atoms with Crippen LogP contribution < -0.4 is 26.4 Å². The van der Waals surface area contributed by atoms with Crippen LogP contribution in [0.3, 0.4) is 0 Å². The number of benzene rings is 1. The van der Waals surface area contributed by atoms with E-state index in [2.05, 4.69) is 62.7 Å². The fraction of sp³-hybridized carbons (Fsp3) is 0.286. The number of nitrogen functional groups attached to an aromatic ring is 1. The molecule has 3 aromatic rings. The van der Waals surface area contributed by atoms with E-state index < -0.39 is 5.91 Å². The summed E-state index contributed by atoms with van der Waals surface area (Å²) in [6, 6.07) is 9.61. The van der Waals surface area contributed by atoms with Crippen LogP contribution >= 0.6 is 0 Å². The molecule has 0 spiro atoms. The van der Waals surface area contributed by atoms with Crippen LogP contribution in [0.25, 0.3) is 0 Å². The van der Waals surface area contributed by atoms with Gasteiger partial charge in [0.25, 0.3) is 0 Å². The molecule has 4 N–H and O–H groups in total. The first kappa shape index (κ1) is 19.6. The van der Waals surface area contributed by atoms with Crippen LogP contribution in [-0.2, 0) is 0 Å². The molecule has 2 aromatic heterocycles. The molecule has 0 radical (unpaired) electrons. The van der Waals surface area contributed by atoms with Gasteiger partial charge in [-0.3, -0.25) is 15.6 Å². The smallest absolute Gasteiger partial charge is 0.305 e. The van der Waals surface area contributed by atoms with Crippen LogP contribution in [0.4, 0.5) is 23.0 Å². The number of anilines is 4. The number of nitrogens with two attached hydrogens (primary N) is 1. The Balaban J connectivity index is 1.42. The van der Waals surface area contributed by atoms with Gasteiger partial charge in [-0.15, -0.1) is 0 Å². The van der Waals surface area contributed by atoms with Crippen molar-refractivity contribution >= 4 is 28.9 Å². The van der Waals surface area contributed by atoms with Crippen molar-refractivity contribution < 1.29 is 9.21 Å². The maximum atomic E-state index is 12.0. The van der Waals surface area contributed by atoms with Gasteiger partial charge in [-0.1, -0.05) is 12.1 Å². The Bertz CT molecular complexity index is 1030. The van der Waals surface area contributed by atoms with Crippen molar-refractivity contribution in [3.8, 4) is 0 Å². The number of aromatic nitrogens is 2. The number of rotatable bonds is 5. The third kappa shape index (κ3) is 3.86. The minimum Gasteiger partial charge on any atom is -0.459 e. The number of hydrazine groups is 1. The Labute approximate surface area is 174 Å². The summed E-state index contributed by atoms with van der Waals surface area (Å²) >= 11 is 0. The van der Waals surface area contributed by atoms with Crippen molar-refractivity contribution in [3.05, 3.63) is 59.8 Å². The Hall–Kier alpha value is -3.75. The maximum absolute atomic E-state index is 12.0. The van der Waals surface area contributed by atoms with Crippen molar-refractivity contribution in [1.82, 2.24) is 15.4 Å². The summed E-state index contributed by atoms with van der Waals surface area (Å²) in [4.78, 5) is 25.1. The Morgan fingerprint density at radius 3 is 2.57 bits per heavy atom. The molecule has 0 saturated carbocycles. The van der Waals surface area contributed by atoms with Gasteiger partial charge in [0.2, 0.25) is 0 Å². The molecule has 9 heteroatoms. The topological polar surface area (TPSA) is 113 Å². The summed E-state index contributed by atoms with van der Waals surface area (Å²) in [6.07, 6.45) is 2.87. The molecular weight excluding hydrogens is 382 g/mol.